The van der Waals surface area contributed by atoms with E-state index in [0.29, 0.717) is 33.0 Å². The van der Waals surface area contributed by atoms with Crippen LogP contribution in [0.15, 0.2) is 47.2 Å². The summed E-state index contributed by atoms with van der Waals surface area (Å²) in [5.41, 5.74) is 0.905. The van der Waals surface area contributed by atoms with Crippen LogP contribution >= 0.6 is 0 Å². The smallest absolute Gasteiger partial charge is 0.124 e. The van der Waals surface area contributed by atoms with E-state index in [0.717, 1.165) is 17.9 Å². The Hall–Kier alpha value is -1.85. The maximum Gasteiger partial charge on any atom is 0.124 e. The van der Waals surface area contributed by atoms with Crippen molar-refractivity contribution in [3.63, 3.8) is 0 Å². The predicted octanol–water partition coefficient (Wildman–Crippen LogP) is 4.38. The Morgan fingerprint density at radius 1 is 0.792 bits per heavy atom. The average molecular weight is 337 g/mol. The van der Waals surface area contributed by atoms with E-state index in [9.17, 15) is 0 Å². The fourth-order valence-electron chi connectivity index (χ4n) is 1.60. The lowest BCUT2D eigenvalue weighted by molar-refractivity contribution is 0.0370. The lowest BCUT2D eigenvalue weighted by atomic mass is 10.3. The molecule has 2 rings (SSSR count). The van der Waals surface area contributed by atoms with Gasteiger partial charge in [0.1, 0.15) is 18.6 Å². The molecule has 24 heavy (non-hydrogen) atoms. The molecule has 0 aliphatic heterocycles. The third kappa shape index (κ3) is 11.7. The van der Waals surface area contributed by atoms with Crippen LogP contribution in [-0.4, -0.2) is 38.2 Å². The number of hydrogen-bond donors (Lipinski definition) is 0. The molecular formula is C19H31NO4. The first-order valence-electron chi connectivity index (χ1n) is 8.68. The first kappa shape index (κ1) is 22.1. The summed E-state index contributed by atoms with van der Waals surface area (Å²) in [4.78, 5) is 0. The van der Waals surface area contributed by atoms with Crippen molar-refractivity contribution in [2.45, 2.75) is 34.1 Å². The quantitative estimate of drug-likeness (QED) is 0.602. The van der Waals surface area contributed by atoms with E-state index in [1.807, 2.05) is 64.1 Å². The molecule has 0 N–H and O–H groups in total. The molecule has 0 saturated heterocycles. The number of para-hydroxylation sites is 1. The number of hydrogen-bond acceptors (Lipinski definition) is 5. The van der Waals surface area contributed by atoms with E-state index >= 15 is 0 Å². The molecule has 0 aliphatic rings. The molecular weight excluding hydrogens is 306 g/mol. The summed E-state index contributed by atoms with van der Waals surface area (Å²) >= 11 is 0. The number of nitrogens with zero attached hydrogens (tertiary/aromatic N) is 1. The SMILES string of the molecule is CC.CC.c1ccc(OCCOCCOCCc2ccon2)cc1. The largest absolute Gasteiger partial charge is 0.491 e. The second-order valence-corrected chi connectivity index (χ2v) is 4.13. The molecule has 0 spiro atoms. The van der Waals surface area contributed by atoms with Gasteiger partial charge >= 0.3 is 0 Å². The third-order valence-corrected chi connectivity index (χ3v) is 2.61. The van der Waals surface area contributed by atoms with Crippen molar-refractivity contribution in [2.24, 2.45) is 0 Å². The fourth-order valence-corrected chi connectivity index (χ4v) is 1.60. The van der Waals surface area contributed by atoms with Gasteiger partial charge in [0.2, 0.25) is 0 Å². The Balaban J connectivity index is 0.00000123. The second kappa shape index (κ2) is 17.5. The number of rotatable bonds is 10. The van der Waals surface area contributed by atoms with Gasteiger partial charge in [-0.15, -0.1) is 0 Å². The summed E-state index contributed by atoms with van der Waals surface area (Å²) in [6.07, 6.45) is 2.32. The first-order chi connectivity index (χ1) is 11.9. The van der Waals surface area contributed by atoms with E-state index in [2.05, 4.69) is 5.16 Å². The molecule has 1 aromatic carbocycles. The van der Waals surface area contributed by atoms with Gasteiger partial charge in [-0.2, -0.15) is 0 Å². The van der Waals surface area contributed by atoms with Gasteiger partial charge in [0.05, 0.1) is 32.1 Å². The van der Waals surface area contributed by atoms with Crippen molar-refractivity contribution < 1.29 is 18.7 Å². The normalized spacial score (nSPS) is 9.33. The summed E-state index contributed by atoms with van der Waals surface area (Å²) in [5, 5.41) is 3.80. The van der Waals surface area contributed by atoms with Crippen LogP contribution in [-0.2, 0) is 15.9 Å². The van der Waals surface area contributed by atoms with Crippen molar-refractivity contribution in [1.29, 1.82) is 0 Å². The molecule has 0 saturated carbocycles. The van der Waals surface area contributed by atoms with Crippen LogP contribution in [0.5, 0.6) is 5.75 Å². The van der Waals surface area contributed by atoms with Crippen molar-refractivity contribution in [2.75, 3.05) is 33.0 Å². The molecule has 0 unspecified atom stereocenters. The zero-order valence-electron chi connectivity index (χ0n) is 15.4. The first-order valence-corrected chi connectivity index (χ1v) is 8.68. The molecule has 1 aromatic heterocycles. The molecule has 0 amide bonds. The van der Waals surface area contributed by atoms with Gasteiger partial charge in [0.15, 0.2) is 0 Å². The van der Waals surface area contributed by atoms with Crippen molar-refractivity contribution >= 4 is 0 Å². The summed E-state index contributed by atoms with van der Waals surface area (Å²) < 4.78 is 21.1. The van der Waals surface area contributed by atoms with Gasteiger partial charge < -0.3 is 18.7 Å². The standard InChI is InChI=1S/C15H19NO4.2C2H6/c1-2-4-15(5-3-1)19-13-12-18-11-10-17-8-6-14-7-9-20-16-14;2*1-2/h1-5,7,9H,6,8,10-13H2;2*1-2H3. The lowest BCUT2D eigenvalue weighted by Gasteiger charge is -2.07. The monoisotopic (exact) mass is 337 g/mol. The molecule has 5 heteroatoms. The van der Waals surface area contributed by atoms with Crippen LogP contribution in [0.25, 0.3) is 0 Å². The molecule has 2 aromatic rings. The molecule has 0 radical (unpaired) electrons. The summed E-state index contributed by atoms with van der Waals surface area (Å²) in [5.74, 6) is 0.861. The Morgan fingerprint density at radius 2 is 1.42 bits per heavy atom. The average Bonchev–Trinajstić information content (AvgIpc) is 3.18. The maximum atomic E-state index is 5.50. The molecule has 0 aliphatic carbocycles. The van der Waals surface area contributed by atoms with Crippen LogP contribution < -0.4 is 4.74 Å². The van der Waals surface area contributed by atoms with Gasteiger partial charge in [0.25, 0.3) is 0 Å². The van der Waals surface area contributed by atoms with Gasteiger partial charge in [-0.3, -0.25) is 0 Å². The van der Waals surface area contributed by atoms with Gasteiger partial charge in [0, 0.05) is 12.5 Å². The summed E-state index contributed by atoms with van der Waals surface area (Å²) in [6.45, 7) is 10.9. The number of benzene rings is 1. The third-order valence-electron chi connectivity index (χ3n) is 2.61. The minimum absolute atomic E-state index is 0.545. The van der Waals surface area contributed by atoms with Crippen molar-refractivity contribution in [3.05, 3.63) is 48.4 Å². The predicted molar refractivity (Wildman–Crippen MR) is 96.5 cm³/mol. The Labute approximate surface area is 145 Å². The maximum absolute atomic E-state index is 5.50. The topological polar surface area (TPSA) is 53.7 Å². The van der Waals surface area contributed by atoms with Crippen molar-refractivity contribution in [3.8, 4) is 5.75 Å². The molecule has 0 fully saturated rings. The van der Waals surface area contributed by atoms with Gasteiger partial charge in [-0.05, 0) is 12.1 Å². The van der Waals surface area contributed by atoms with Crippen LogP contribution in [0.3, 0.4) is 0 Å². The molecule has 5 nitrogen and oxygen atoms in total. The van der Waals surface area contributed by atoms with E-state index in [1.54, 1.807) is 6.26 Å². The summed E-state index contributed by atoms with van der Waals surface area (Å²) in [7, 11) is 0. The Morgan fingerprint density at radius 3 is 2.04 bits per heavy atom. The molecule has 0 bridgehead atoms. The second-order valence-electron chi connectivity index (χ2n) is 4.13. The van der Waals surface area contributed by atoms with E-state index in [4.69, 9.17) is 18.7 Å². The van der Waals surface area contributed by atoms with Gasteiger partial charge in [-0.1, -0.05) is 51.1 Å². The van der Waals surface area contributed by atoms with Crippen LogP contribution in [0.1, 0.15) is 33.4 Å². The number of aromatic nitrogens is 1. The molecule has 0 atom stereocenters. The highest BCUT2D eigenvalue weighted by Crippen LogP contribution is 2.07. The van der Waals surface area contributed by atoms with Crippen LogP contribution in [0, 0.1) is 0 Å². The minimum Gasteiger partial charge on any atom is -0.491 e. The zero-order valence-corrected chi connectivity index (χ0v) is 15.4. The van der Waals surface area contributed by atoms with Crippen molar-refractivity contribution in [1.82, 2.24) is 5.16 Å². The van der Waals surface area contributed by atoms with Crippen LogP contribution in [0.4, 0.5) is 0 Å². The van der Waals surface area contributed by atoms with E-state index < -0.39 is 0 Å². The lowest BCUT2D eigenvalue weighted by Crippen LogP contribution is -2.11. The highest BCUT2D eigenvalue weighted by molar-refractivity contribution is 5.20. The molecule has 1 heterocycles. The van der Waals surface area contributed by atoms with Crippen LogP contribution in [0.2, 0.25) is 0 Å². The number of ether oxygens (including phenoxy) is 3. The van der Waals surface area contributed by atoms with E-state index in [-0.39, 0.29) is 0 Å². The van der Waals surface area contributed by atoms with Gasteiger partial charge in [-0.25, -0.2) is 0 Å². The highest BCUT2D eigenvalue weighted by Gasteiger charge is 1.96. The minimum atomic E-state index is 0.545. The highest BCUT2D eigenvalue weighted by atomic mass is 16.5. The Kier molecular flexibility index (Phi) is 16.2. The summed E-state index contributed by atoms with van der Waals surface area (Å²) in [6, 6.07) is 11.5. The fraction of sp³-hybridized carbons (Fsp3) is 0.526. The molecule has 136 valence electrons. The zero-order chi connectivity index (χ0) is 17.9. The Bertz CT molecular complexity index is 446. The van der Waals surface area contributed by atoms with E-state index in [1.165, 1.54) is 0 Å².